The highest BCUT2D eigenvalue weighted by Gasteiger charge is 2.30. The van der Waals surface area contributed by atoms with Crippen LogP contribution in [0, 0.1) is 0 Å². The summed E-state index contributed by atoms with van der Waals surface area (Å²) < 4.78 is 74.5. The molecule has 4 rings (SSSR count). The van der Waals surface area contributed by atoms with Crippen molar-refractivity contribution in [1.29, 1.82) is 0 Å². The number of rotatable bonds is 4. The average Bonchev–Trinajstić information content (AvgIpc) is 2.88. The van der Waals surface area contributed by atoms with E-state index in [2.05, 4.69) is 15.9 Å². The molecular weight excluding hydrogens is 570 g/mol. The first-order chi connectivity index (χ1) is 17.0. The first-order valence-corrected chi connectivity index (χ1v) is 11.8. The molecule has 0 amide bonds. The van der Waals surface area contributed by atoms with E-state index >= 15 is 0 Å². The molecule has 0 atom stereocenters. The summed E-state index contributed by atoms with van der Waals surface area (Å²) in [6, 6.07) is 24.9. The van der Waals surface area contributed by atoms with E-state index in [1.165, 1.54) is 24.3 Å². The Balaban J connectivity index is 0.000000361. The molecule has 0 radical (unpaired) electrons. The smallest absolute Gasteiger partial charge is 0.392 e. The number of hydrogen-bond acceptors (Lipinski definition) is 1. The minimum absolute atomic E-state index is 0. The molecule has 0 unspecified atom stereocenters. The van der Waals surface area contributed by atoms with Gasteiger partial charge < -0.3 is 5.11 Å². The number of aliphatic hydroxyl groups excluding tert-OH is 1. The van der Waals surface area contributed by atoms with Crippen molar-refractivity contribution in [2.24, 2.45) is 0 Å². The average molecular weight is 599 g/mol. The molecule has 0 aliphatic rings. The maximum absolute atomic E-state index is 12.4. The summed E-state index contributed by atoms with van der Waals surface area (Å²) in [5, 5.41) is 9.73. The lowest BCUT2D eigenvalue weighted by molar-refractivity contribution is -0.138. The van der Waals surface area contributed by atoms with Gasteiger partial charge in [0.15, 0.2) is 0 Å². The molecule has 0 aliphatic carbocycles. The normalized spacial score (nSPS) is 10.9. The van der Waals surface area contributed by atoms with Crippen molar-refractivity contribution in [3.8, 4) is 22.3 Å². The second-order valence-corrected chi connectivity index (χ2v) is 8.40. The van der Waals surface area contributed by atoms with Gasteiger partial charge in [0, 0.05) is 5.33 Å². The highest BCUT2D eigenvalue weighted by molar-refractivity contribution is 9.08. The van der Waals surface area contributed by atoms with Gasteiger partial charge in [-0.1, -0.05) is 97.5 Å². The summed E-state index contributed by atoms with van der Waals surface area (Å²) in [4.78, 5) is 0. The Hall–Kier alpha value is -3.10. The summed E-state index contributed by atoms with van der Waals surface area (Å²) in [6.45, 7) is -0.0888. The fourth-order valence-electron chi connectivity index (χ4n) is 3.39. The van der Waals surface area contributed by atoms with Crippen molar-refractivity contribution in [2.45, 2.75) is 39.1 Å². The number of halogens is 7. The van der Waals surface area contributed by atoms with Crippen LogP contribution in [0.4, 0.5) is 26.3 Å². The van der Waals surface area contributed by atoms with Crippen molar-refractivity contribution < 1.29 is 31.4 Å². The second-order valence-electron chi connectivity index (χ2n) is 7.84. The summed E-state index contributed by atoms with van der Waals surface area (Å²) in [7, 11) is 0. The van der Waals surface area contributed by atoms with Crippen LogP contribution in [0.5, 0.6) is 0 Å². The molecule has 0 saturated carbocycles. The SMILES string of the molecule is C.C.FC(F)(F)c1ccc(-c2cccc(CBr)c2)cc1.OCc1cccc(-c2ccc(C(F)(F)F)cc2)c1. The van der Waals surface area contributed by atoms with Crippen molar-refractivity contribution in [3.63, 3.8) is 0 Å². The zero-order valence-electron chi connectivity index (χ0n) is 18.7. The van der Waals surface area contributed by atoms with Gasteiger partial charge in [0.25, 0.3) is 0 Å². The Morgan fingerprint density at radius 1 is 0.526 bits per heavy atom. The highest BCUT2D eigenvalue weighted by Crippen LogP contribution is 2.32. The largest absolute Gasteiger partial charge is 0.416 e. The Bertz CT molecular complexity index is 1160. The zero-order valence-corrected chi connectivity index (χ0v) is 20.3. The molecule has 4 aromatic carbocycles. The van der Waals surface area contributed by atoms with E-state index in [9.17, 15) is 26.3 Å². The molecule has 4 aromatic rings. The third-order valence-electron chi connectivity index (χ3n) is 5.28. The van der Waals surface area contributed by atoms with Gasteiger partial charge in [-0.05, 0) is 63.7 Å². The van der Waals surface area contributed by atoms with Gasteiger partial charge in [-0.25, -0.2) is 0 Å². The minimum atomic E-state index is -4.31. The van der Waals surface area contributed by atoms with Crippen LogP contribution in [0.2, 0.25) is 0 Å². The van der Waals surface area contributed by atoms with E-state index in [0.29, 0.717) is 5.56 Å². The second kappa shape index (κ2) is 14.2. The van der Waals surface area contributed by atoms with Gasteiger partial charge in [0.2, 0.25) is 0 Å². The van der Waals surface area contributed by atoms with Crippen LogP contribution in [0.15, 0.2) is 97.1 Å². The van der Waals surface area contributed by atoms with Gasteiger partial charge in [-0.15, -0.1) is 0 Å². The number of benzene rings is 4. The Kier molecular flexibility index (Phi) is 12.3. The van der Waals surface area contributed by atoms with Crippen molar-refractivity contribution in [1.82, 2.24) is 0 Å². The van der Waals surface area contributed by atoms with Gasteiger partial charge in [-0.3, -0.25) is 0 Å². The molecule has 0 aromatic heterocycles. The lowest BCUT2D eigenvalue weighted by Gasteiger charge is -2.08. The Morgan fingerprint density at radius 2 is 0.895 bits per heavy atom. The van der Waals surface area contributed by atoms with E-state index < -0.39 is 23.5 Å². The van der Waals surface area contributed by atoms with E-state index in [4.69, 9.17) is 5.11 Å². The van der Waals surface area contributed by atoms with E-state index in [-0.39, 0.29) is 21.5 Å². The summed E-state index contributed by atoms with van der Waals surface area (Å²) >= 11 is 3.35. The van der Waals surface area contributed by atoms with Crippen LogP contribution >= 0.6 is 15.9 Å². The third kappa shape index (κ3) is 9.03. The van der Waals surface area contributed by atoms with Crippen LogP contribution < -0.4 is 0 Å². The zero-order chi connectivity index (χ0) is 26.3. The van der Waals surface area contributed by atoms with Gasteiger partial charge in [0.05, 0.1) is 17.7 Å². The molecule has 1 nitrogen and oxygen atoms in total. The highest BCUT2D eigenvalue weighted by atomic mass is 79.9. The first kappa shape index (κ1) is 32.9. The quantitative estimate of drug-likeness (QED) is 0.183. The fraction of sp³-hybridized carbons (Fsp3) is 0.200. The standard InChI is InChI=1S/C14H10BrF3.C14H11F3O.2CH4/c15-9-10-2-1-3-12(8-10)11-4-6-13(7-5-11)14(16,17)18;15-14(16,17)13-6-4-11(5-7-13)12-3-1-2-10(8-12)9-18;;/h1-8H,9H2;1-8,18H,9H2;2*1H4. The molecule has 0 fully saturated rings. The molecule has 0 spiro atoms. The molecule has 8 heteroatoms. The minimum Gasteiger partial charge on any atom is -0.392 e. The fourth-order valence-corrected chi connectivity index (χ4v) is 3.74. The molecule has 1 N–H and O–H groups in total. The number of alkyl halides is 7. The van der Waals surface area contributed by atoms with Gasteiger partial charge in [0.1, 0.15) is 0 Å². The summed E-state index contributed by atoms with van der Waals surface area (Å²) in [6.07, 6.45) is -8.60. The Labute approximate surface area is 227 Å². The molecular formula is C30H29BrF6O. The lowest BCUT2D eigenvalue weighted by Crippen LogP contribution is -2.03. The van der Waals surface area contributed by atoms with Crippen molar-refractivity contribution >= 4 is 15.9 Å². The maximum atomic E-state index is 12.4. The van der Waals surface area contributed by atoms with E-state index in [1.54, 1.807) is 24.3 Å². The lowest BCUT2D eigenvalue weighted by atomic mass is 10.0. The molecule has 204 valence electrons. The van der Waals surface area contributed by atoms with Gasteiger partial charge >= 0.3 is 12.4 Å². The molecule has 0 bridgehead atoms. The predicted octanol–water partition coefficient (Wildman–Crippen LogP) is 10.4. The molecule has 38 heavy (non-hydrogen) atoms. The number of hydrogen-bond donors (Lipinski definition) is 1. The summed E-state index contributed by atoms with van der Waals surface area (Å²) in [5.41, 5.74) is 3.72. The predicted molar refractivity (Wildman–Crippen MR) is 146 cm³/mol. The molecule has 0 saturated heterocycles. The van der Waals surface area contributed by atoms with Crippen molar-refractivity contribution in [3.05, 3.63) is 119 Å². The van der Waals surface area contributed by atoms with Gasteiger partial charge in [-0.2, -0.15) is 26.3 Å². The van der Waals surface area contributed by atoms with Crippen LogP contribution in [-0.2, 0) is 24.3 Å². The first-order valence-electron chi connectivity index (χ1n) is 10.7. The third-order valence-corrected chi connectivity index (χ3v) is 5.93. The van der Waals surface area contributed by atoms with Crippen LogP contribution in [0.3, 0.4) is 0 Å². The van der Waals surface area contributed by atoms with E-state index in [1.807, 2.05) is 24.3 Å². The maximum Gasteiger partial charge on any atom is 0.416 e. The summed E-state index contributed by atoms with van der Waals surface area (Å²) in [5.74, 6) is 0. The van der Waals surface area contributed by atoms with Crippen LogP contribution in [0.25, 0.3) is 22.3 Å². The Morgan fingerprint density at radius 3 is 1.24 bits per heavy atom. The van der Waals surface area contributed by atoms with Crippen LogP contribution in [-0.4, -0.2) is 5.11 Å². The van der Waals surface area contributed by atoms with Crippen LogP contribution in [0.1, 0.15) is 37.1 Å². The van der Waals surface area contributed by atoms with E-state index in [0.717, 1.165) is 57.4 Å². The molecule has 0 heterocycles. The topological polar surface area (TPSA) is 20.2 Å². The van der Waals surface area contributed by atoms with Crippen molar-refractivity contribution in [2.75, 3.05) is 0 Å². The monoisotopic (exact) mass is 598 g/mol. The number of aliphatic hydroxyl groups is 1. The molecule has 0 aliphatic heterocycles.